The standard InChI is InChI=1S/C32H45ClN4O6/c1-19(2)15-16-21(4)37(30(41)24(17-18-26(34)39)35-31(42)43-32(5,6)7)28(22-12-8-9-14-25(22)38)29(40)36-27-20(3)11-10-13-23(27)33/h8-14,19,21,24,28,38H,15-18H2,1-7H3,(H2,34,39)(H,35,42)(H,36,40). The lowest BCUT2D eigenvalue weighted by Gasteiger charge is -2.39. The number of nitrogens with zero attached hydrogens (tertiary/aromatic N) is 1. The number of nitrogens with one attached hydrogen (secondary N) is 2. The number of carbonyl (C=O) groups is 4. The molecule has 0 bridgehead atoms. The van der Waals surface area contributed by atoms with Crippen molar-refractivity contribution in [3.8, 4) is 5.75 Å². The van der Waals surface area contributed by atoms with E-state index in [0.717, 1.165) is 6.42 Å². The second-order valence-electron chi connectivity index (χ2n) is 12.2. The highest BCUT2D eigenvalue weighted by Crippen LogP contribution is 2.35. The fourth-order valence-electron chi connectivity index (χ4n) is 4.60. The number of hydrogen-bond donors (Lipinski definition) is 4. The monoisotopic (exact) mass is 616 g/mol. The maximum Gasteiger partial charge on any atom is 0.408 e. The molecule has 5 N–H and O–H groups in total. The number of anilines is 1. The first-order chi connectivity index (χ1) is 20.0. The van der Waals surface area contributed by atoms with E-state index in [1.165, 1.54) is 11.0 Å². The van der Waals surface area contributed by atoms with Crippen LogP contribution in [-0.2, 0) is 19.1 Å². The normalized spacial score (nSPS) is 13.5. The highest BCUT2D eigenvalue weighted by Gasteiger charge is 2.40. The summed E-state index contributed by atoms with van der Waals surface area (Å²) in [4.78, 5) is 54.6. The van der Waals surface area contributed by atoms with Crippen LogP contribution in [0.5, 0.6) is 5.75 Å². The fourth-order valence-corrected chi connectivity index (χ4v) is 4.87. The van der Waals surface area contributed by atoms with Gasteiger partial charge in [0.15, 0.2) is 0 Å². The molecule has 2 aromatic rings. The van der Waals surface area contributed by atoms with Gasteiger partial charge in [0.25, 0.3) is 5.91 Å². The molecule has 0 spiro atoms. The third-order valence-electron chi connectivity index (χ3n) is 6.79. The molecular weight excluding hydrogens is 572 g/mol. The molecule has 0 saturated carbocycles. The first kappa shape index (κ1) is 35.4. The quantitative estimate of drug-likeness (QED) is 0.222. The maximum absolute atomic E-state index is 14.5. The average molecular weight is 617 g/mol. The highest BCUT2D eigenvalue weighted by molar-refractivity contribution is 6.34. The van der Waals surface area contributed by atoms with Crippen molar-refractivity contribution in [1.82, 2.24) is 10.2 Å². The lowest BCUT2D eigenvalue weighted by molar-refractivity contribution is -0.143. The molecule has 4 amide bonds. The van der Waals surface area contributed by atoms with E-state index in [0.29, 0.717) is 28.6 Å². The molecule has 0 fully saturated rings. The predicted octanol–water partition coefficient (Wildman–Crippen LogP) is 5.85. The van der Waals surface area contributed by atoms with E-state index in [-0.39, 0.29) is 24.2 Å². The molecule has 0 heterocycles. The van der Waals surface area contributed by atoms with Crippen molar-refractivity contribution in [1.29, 1.82) is 0 Å². The minimum Gasteiger partial charge on any atom is -0.508 e. The van der Waals surface area contributed by atoms with Gasteiger partial charge in [-0.05, 0) is 77.5 Å². The van der Waals surface area contributed by atoms with Crippen molar-refractivity contribution in [2.75, 3.05) is 5.32 Å². The number of rotatable bonds is 13. The Hall–Kier alpha value is -3.79. The van der Waals surface area contributed by atoms with Crippen LogP contribution in [0.15, 0.2) is 42.5 Å². The number of primary amides is 1. The largest absolute Gasteiger partial charge is 0.508 e. The molecule has 11 heteroatoms. The van der Waals surface area contributed by atoms with Gasteiger partial charge in [-0.2, -0.15) is 0 Å². The number of hydrogen-bond acceptors (Lipinski definition) is 6. The van der Waals surface area contributed by atoms with Crippen molar-refractivity contribution in [3.05, 3.63) is 58.6 Å². The Morgan fingerprint density at radius 2 is 1.65 bits per heavy atom. The molecule has 0 aliphatic carbocycles. The van der Waals surface area contributed by atoms with E-state index in [9.17, 15) is 24.3 Å². The molecule has 3 unspecified atom stereocenters. The van der Waals surface area contributed by atoms with Crippen molar-refractivity contribution in [2.45, 2.75) is 97.9 Å². The third kappa shape index (κ3) is 10.8. The molecule has 3 atom stereocenters. The zero-order valence-corrected chi connectivity index (χ0v) is 26.8. The number of aryl methyl sites for hydroxylation is 1. The molecule has 236 valence electrons. The predicted molar refractivity (Wildman–Crippen MR) is 168 cm³/mol. The van der Waals surface area contributed by atoms with Gasteiger partial charge < -0.3 is 31.1 Å². The van der Waals surface area contributed by atoms with Crippen LogP contribution in [-0.4, -0.2) is 51.5 Å². The number of benzene rings is 2. The van der Waals surface area contributed by atoms with Gasteiger partial charge in [0.2, 0.25) is 11.8 Å². The van der Waals surface area contributed by atoms with Gasteiger partial charge in [-0.15, -0.1) is 0 Å². The van der Waals surface area contributed by atoms with E-state index < -0.39 is 47.5 Å². The Morgan fingerprint density at radius 3 is 2.21 bits per heavy atom. The summed E-state index contributed by atoms with van der Waals surface area (Å²) in [6, 6.07) is 8.32. The fraction of sp³-hybridized carbons (Fsp3) is 0.500. The number of halogens is 1. The van der Waals surface area contributed by atoms with Gasteiger partial charge in [-0.1, -0.05) is 55.8 Å². The topological polar surface area (TPSA) is 151 Å². The van der Waals surface area contributed by atoms with Crippen molar-refractivity contribution >= 4 is 41.1 Å². The number of ether oxygens (including phenoxy) is 1. The van der Waals surface area contributed by atoms with E-state index in [1.54, 1.807) is 71.0 Å². The highest BCUT2D eigenvalue weighted by atomic mass is 35.5. The molecular formula is C32H45ClN4O6. The Morgan fingerprint density at radius 1 is 1.00 bits per heavy atom. The smallest absolute Gasteiger partial charge is 0.408 e. The Bertz CT molecular complexity index is 1270. The van der Waals surface area contributed by atoms with Crippen LogP contribution in [0.1, 0.15) is 84.4 Å². The van der Waals surface area contributed by atoms with Gasteiger partial charge in [-0.3, -0.25) is 14.4 Å². The summed E-state index contributed by atoms with van der Waals surface area (Å²) in [5.74, 6) is -1.81. The van der Waals surface area contributed by atoms with Gasteiger partial charge in [0.1, 0.15) is 23.4 Å². The number of para-hydroxylation sites is 2. The van der Waals surface area contributed by atoms with Gasteiger partial charge in [0.05, 0.1) is 10.7 Å². The maximum atomic E-state index is 14.5. The second-order valence-corrected chi connectivity index (χ2v) is 12.6. The summed E-state index contributed by atoms with van der Waals surface area (Å²) in [6.45, 7) is 12.7. The zero-order valence-electron chi connectivity index (χ0n) is 26.1. The zero-order chi connectivity index (χ0) is 32.5. The van der Waals surface area contributed by atoms with Crippen LogP contribution in [0.4, 0.5) is 10.5 Å². The molecule has 0 aliphatic rings. The number of alkyl carbamates (subject to hydrolysis) is 1. The van der Waals surface area contributed by atoms with Gasteiger partial charge in [0, 0.05) is 18.0 Å². The lowest BCUT2D eigenvalue weighted by atomic mass is 9.96. The van der Waals surface area contributed by atoms with Crippen LogP contribution in [0.3, 0.4) is 0 Å². The van der Waals surface area contributed by atoms with Crippen LogP contribution >= 0.6 is 11.6 Å². The van der Waals surface area contributed by atoms with Crippen molar-refractivity contribution in [2.24, 2.45) is 11.7 Å². The van der Waals surface area contributed by atoms with Gasteiger partial charge in [-0.25, -0.2) is 4.79 Å². The first-order valence-corrected chi connectivity index (χ1v) is 14.8. The molecule has 0 radical (unpaired) electrons. The van der Waals surface area contributed by atoms with E-state index in [1.807, 2.05) is 13.8 Å². The second kappa shape index (κ2) is 15.6. The minimum atomic E-state index is -1.33. The van der Waals surface area contributed by atoms with Crippen LogP contribution in [0.2, 0.25) is 5.02 Å². The summed E-state index contributed by atoms with van der Waals surface area (Å²) in [6.07, 6.45) is 0.0581. The van der Waals surface area contributed by atoms with Crippen molar-refractivity contribution < 1.29 is 29.0 Å². The molecule has 0 aromatic heterocycles. The number of phenolic OH excluding ortho intramolecular Hbond substituents is 1. The molecule has 2 rings (SSSR count). The van der Waals surface area contributed by atoms with Crippen LogP contribution < -0.4 is 16.4 Å². The lowest BCUT2D eigenvalue weighted by Crippen LogP contribution is -2.55. The number of phenols is 1. The van der Waals surface area contributed by atoms with E-state index in [4.69, 9.17) is 22.1 Å². The Labute approximate surface area is 259 Å². The molecule has 2 aromatic carbocycles. The third-order valence-corrected chi connectivity index (χ3v) is 7.10. The molecule has 43 heavy (non-hydrogen) atoms. The summed E-state index contributed by atoms with van der Waals surface area (Å²) >= 11 is 6.43. The Balaban J connectivity index is 2.69. The summed E-state index contributed by atoms with van der Waals surface area (Å²) < 4.78 is 5.39. The van der Waals surface area contributed by atoms with E-state index >= 15 is 0 Å². The summed E-state index contributed by atoms with van der Waals surface area (Å²) in [7, 11) is 0. The van der Waals surface area contributed by atoms with Crippen molar-refractivity contribution in [3.63, 3.8) is 0 Å². The molecule has 0 saturated heterocycles. The first-order valence-electron chi connectivity index (χ1n) is 14.5. The average Bonchev–Trinajstić information content (AvgIpc) is 2.89. The summed E-state index contributed by atoms with van der Waals surface area (Å²) in [5.41, 5.74) is 5.81. The SMILES string of the molecule is Cc1cccc(Cl)c1NC(=O)C(c1ccccc1O)N(C(=O)C(CCC(N)=O)NC(=O)OC(C)(C)C)C(C)CCC(C)C. The van der Waals surface area contributed by atoms with Gasteiger partial charge >= 0.3 is 6.09 Å². The van der Waals surface area contributed by atoms with Crippen LogP contribution in [0.25, 0.3) is 0 Å². The number of nitrogens with two attached hydrogens (primary N) is 1. The number of aromatic hydroxyl groups is 1. The molecule has 10 nitrogen and oxygen atoms in total. The summed E-state index contributed by atoms with van der Waals surface area (Å²) in [5, 5.41) is 16.7. The Kier molecular flexibility index (Phi) is 12.9. The molecule has 0 aliphatic heterocycles. The minimum absolute atomic E-state index is 0.125. The van der Waals surface area contributed by atoms with Crippen LogP contribution in [0, 0.1) is 12.8 Å². The number of amides is 4. The number of carbonyl (C=O) groups excluding carboxylic acids is 4. The van der Waals surface area contributed by atoms with E-state index in [2.05, 4.69) is 10.6 Å².